The molecule has 4 aromatic rings. The summed E-state index contributed by atoms with van der Waals surface area (Å²) < 4.78 is 1.85. The highest BCUT2D eigenvalue weighted by Gasteiger charge is 2.20. The molecule has 2 aromatic carbocycles. The number of nitrogens with one attached hydrogen (secondary N) is 2. The quantitative estimate of drug-likeness (QED) is 0.290. The van der Waals surface area contributed by atoms with Gasteiger partial charge in [0.1, 0.15) is 5.01 Å². The summed E-state index contributed by atoms with van der Waals surface area (Å²) in [4.78, 5) is 25.2. The fourth-order valence-electron chi connectivity index (χ4n) is 3.29. The summed E-state index contributed by atoms with van der Waals surface area (Å²) in [7, 11) is 0. The van der Waals surface area contributed by atoms with Crippen molar-refractivity contribution in [2.45, 2.75) is 32.5 Å². The van der Waals surface area contributed by atoms with Crippen LogP contribution in [0.15, 0.2) is 41.6 Å². The van der Waals surface area contributed by atoms with Crippen LogP contribution in [0.5, 0.6) is 0 Å². The smallest absolute Gasteiger partial charge is 0.253 e. The molecule has 13 heteroatoms. The molecule has 2 heterocycles. The number of aryl methyl sites for hydroxylation is 2. The number of rotatable bonds is 8. The molecule has 2 aromatic heterocycles. The Labute approximate surface area is 225 Å². The molecule has 0 aliphatic heterocycles. The van der Waals surface area contributed by atoms with Crippen molar-refractivity contribution >= 4 is 63.2 Å². The van der Waals surface area contributed by atoms with E-state index in [0.717, 1.165) is 21.8 Å². The van der Waals surface area contributed by atoms with Gasteiger partial charge in [0.05, 0.1) is 28.6 Å². The van der Waals surface area contributed by atoms with Gasteiger partial charge in [-0.3, -0.25) is 19.5 Å². The molecule has 0 saturated carbocycles. The van der Waals surface area contributed by atoms with Crippen molar-refractivity contribution in [3.63, 3.8) is 0 Å². The molecule has 0 bridgehead atoms. The number of anilines is 1. The van der Waals surface area contributed by atoms with Crippen LogP contribution >= 0.6 is 46.3 Å². The SMILES string of the molecule is Cc1nnc(NC(=O)CSc2nnc(CNC(=O)c3ccc(Cl)cc3Cl)n2-c2cccc(C)c2C)s1. The lowest BCUT2D eigenvalue weighted by molar-refractivity contribution is -0.113. The molecule has 0 atom stereocenters. The van der Waals surface area contributed by atoms with E-state index in [1.54, 1.807) is 12.1 Å². The van der Waals surface area contributed by atoms with Crippen molar-refractivity contribution in [2.24, 2.45) is 0 Å². The number of thioether (sulfide) groups is 1. The fraction of sp³-hybridized carbons (Fsp3) is 0.217. The molecule has 36 heavy (non-hydrogen) atoms. The molecule has 2 amide bonds. The van der Waals surface area contributed by atoms with Crippen LogP contribution in [0, 0.1) is 20.8 Å². The molecule has 0 fully saturated rings. The zero-order valence-corrected chi connectivity index (χ0v) is 22.6. The number of benzene rings is 2. The molecular formula is C23H21Cl2N7O2S2. The standard InChI is InChI=1S/C23H21Cl2N7O2S2/c1-12-5-4-6-18(13(12)2)32-19(10-26-21(34)16-8-7-15(24)9-17(16)25)29-31-23(32)35-11-20(33)27-22-30-28-14(3)36-22/h4-9H,10-11H2,1-3H3,(H,26,34)(H,27,30,33). The van der Waals surface area contributed by atoms with Crippen LogP contribution in [0.2, 0.25) is 10.0 Å². The molecule has 0 aliphatic rings. The number of hydrogen-bond donors (Lipinski definition) is 2. The third-order valence-corrected chi connectivity index (χ3v) is 7.44. The van der Waals surface area contributed by atoms with Gasteiger partial charge in [-0.25, -0.2) is 0 Å². The molecule has 0 aliphatic carbocycles. The molecular weight excluding hydrogens is 541 g/mol. The highest BCUT2D eigenvalue weighted by molar-refractivity contribution is 7.99. The zero-order chi connectivity index (χ0) is 25.8. The number of aromatic nitrogens is 5. The van der Waals surface area contributed by atoms with Gasteiger partial charge in [0.25, 0.3) is 5.91 Å². The van der Waals surface area contributed by atoms with Gasteiger partial charge >= 0.3 is 0 Å². The largest absolute Gasteiger partial charge is 0.345 e. The first-order valence-electron chi connectivity index (χ1n) is 10.7. The lowest BCUT2D eigenvalue weighted by Gasteiger charge is -2.15. The summed E-state index contributed by atoms with van der Waals surface area (Å²) in [5, 5.41) is 24.4. The van der Waals surface area contributed by atoms with Crippen molar-refractivity contribution in [1.29, 1.82) is 0 Å². The first-order valence-corrected chi connectivity index (χ1v) is 13.3. The van der Waals surface area contributed by atoms with Crippen LogP contribution < -0.4 is 10.6 Å². The van der Waals surface area contributed by atoms with Crippen molar-refractivity contribution in [3.8, 4) is 5.69 Å². The van der Waals surface area contributed by atoms with E-state index in [1.807, 2.05) is 43.5 Å². The minimum atomic E-state index is -0.367. The highest BCUT2D eigenvalue weighted by atomic mass is 35.5. The minimum absolute atomic E-state index is 0.0916. The molecule has 2 N–H and O–H groups in total. The Kier molecular flexibility index (Phi) is 8.24. The lowest BCUT2D eigenvalue weighted by atomic mass is 10.1. The summed E-state index contributed by atoms with van der Waals surface area (Å²) in [5.41, 5.74) is 3.28. The Morgan fingerprint density at radius 2 is 1.86 bits per heavy atom. The number of halogens is 2. The predicted molar refractivity (Wildman–Crippen MR) is 142 cm³/mol. The van der Waals surface area contributed by atoms with Crippen LogP contribution in [0.1, 0.15) is 32.3 Å². The second-order valence-corrected chi connectivity index (χ2v) is 10.7. The van der Waals surface area contributed by atoms with Crippen molar-refractivity contribution < 1.29 is 9.59 Å². The van der Waals surface area contributed by atoms with Gasteiger partial charge in [-0.05, 0) is 56.2 Å². The lowest BCUT2D eigenvalue weighted by Crippen LogP contribution is -2.25. The molecule has 9 nitrogen and oxygen atoms in total. The molecule has 0 saturated heterocycles. The second kappa shape index (κ2) is 11.4. The van der Waals surface area contributed by atoms with E-state index in [4.69, 9.17) is 23.2 Å². The average Bonchev–Trinajstić information content (AvgIpc) is 3.43. The van der Waals surface area contributed by atoms with E-state index < -0.39 is 0 Å². The number of carbonyl (C=O) groups excluding carboxylic acids is 2. The van der Waals surface area contributed by atoms with Crippen molar-refractivity contribution in [2.75, 3.05) is 11.1 Å². The van der Waals surface area contributed by atoms with E-state index >= 15 is 0 Å². The van der Waals surface area contributed by atoms with Gasteiger partial charge in [-0.2, -0.15) is 0 Å². The Balaban J connectivity index is 1.56. The number of amides is 2. The van der Waals surface area contributed by atoms with E-state index in [9.17, 15) is 9.59 Å². The summed E-state index contributed by atoms with van der Waals surface area (Å²) in [6.45, 7) is 5.92. The van der Waals surface area contributed by atoms with Gasteiger partial charge in [0, 0.05) is 5.02 Å². The first-order chi connectivity index (χ1) is 17.2. The van der Waals surface area contributed by atoms with E-state index in [-0.39, 0.29) is 29.1 Å². The third-order valence-electron chi connectivity index (χ3n) is 5.20. The number of nitrogens with zero attached hydrogens (tertiary/aromatic N) is 5. The van der Waals surface area contributed by atoms with E-state index in [1.165, 1.54) is 29.2 Å². The van der Waals surface area contributed by atoms with E-state index in [0.29, 0.717) is 26.7 Å². The Hall–Kier alpha value is -2.99. The predicted octanol–water partition coefficient (Wildman–Crippen LogP) is 5.01. The van der Waals surface area contributed by atoms with Crippen molar-refractivity contribution in [1.82, 2.24) is 30.3 Å². The summed E-state index contributed by atoms with van der Waals surface area (Å²) in [5.74, 6) is -0.00855. The summed E-state index contributed by atoms with van der Waals surface area (Å²) in [6, 6.07) is 10.6. The first kappa shape index (κ1) is 26.1. The number of hydrogen-bond acceptors (Lipinski definition) is 8. The van der Waals surface area contributed by atoms with Gasteiger partial charge < -0.3 is 5.32 Å². The fourth-order valence-corrected chi connectivity index (χ4v) is 5.15. The summed E-state index contributed by atoms with van der Waals surface area (Å²) in [6.07, 6.45) is 0. The Morgan fingerprint density at radius 3 is 2.58 bits per heavy atom. The maximum Gasteiger partial charge on any atom is 0.253 e. The van der Waals surface area contributed by atoms with Gasteiger partial charge in [0.2, 0.25) is 11.0 Å². The average molecular weight is 563 g/mol. The van der Waals surface area contributed by atoms with Crippen LogP contribution in [-0.2, 0) is 11.3 Å². The normalized spacial score (nSPS) is 10.9. The van der Waals surface area contributed by atoms with E-state index in [2.05, 4.69) is 31.0 Å². The van der Waals surface area contributed by atoms with Gasteiger partial charge in [-0.15, -0.1) is 20.4 Å². The molecule has 0 spiro atoms. The Bertz CT molecular complexity index is 1440. The maximum absolute atomic E-state index is 12.8. The second-order valence-electron chi connectivity index (χ2n) is 7.72. The topological polar surface area (TPSA) is 115 Å². The van der Waals surface area contributed by atoms with Crippen LogP contribution in [-0.4, -0.2) is 42.5 Å². The highest BCUT2D eigenvalue weighted by Crippen LogP contribution is 2.27. The van der Waals surface area contributed by atoms with Crippen LogP contribution in [0.25, 0.3) is 5.69 Å². The van der Waals surface area contributed by atoms with Crippen LogP contribution in [0.3, 0.4) is 0 Å². The molecule has 186 valence electrons. The third kappa shape index (κ3) is 6.04. The number of carbonyl (C=O) groups is 2. The summed E-state index contributed by atoms with van der Waals surface area (Å²) >= 11 is 14.6. The Morgan fingerprint density at radius 1 is 1.06 bits per heavy atom. The molecule has 0 radical (unpaired) electrons. The van der Waals surface area contributed by atoms with Crippen LogP contribution in [0.4, 0.5) is 5.13 Å². The molecule has 0 unspecified atom stereocenters. The van der Waals surface area contributed by atoms with Crippen molar-refractivity contribution in [3.05, 3.63) is 74.0 Å². The zero-order valence-electron chi connectivity index (χ0n) is 19.5. The monoisotopic (exact) mass is 561 g/mol. The molecule has 4 rings (SSSR count). The van der Waals surface area contributed by atoms with Gasteiger partial charge in [0.15, 0.2) is 11.0 Å². The van der Waals surface area contributed by atoms with Gasteiger partial charge in [-0.1, -0.05) is 58.4 Å². The maximum atomic E-state index is 12.8. The minimum Gasteiger partial charge on any atom is -0.345 e.